The molecule has 0 bridgehead atoms. The number of aromatic nitrogens is 1. The molecule has 0 aliphatic carbocycles. The number of nitrogens with zero attached hydrogens (tertiary/aromatic N) is 1. The molecule has 0 amide bonds. The Morgan fingerprint density at radius 3 is 2.77 bits per heavy atom. The van der Waals surface area contributed by atoms with Crippen molar-refractivity contribution in [3.8, 4) is 0 Å². The van der Waals surface area contributed by atoms with E-state index in [9.17, 15) is 0 Å². The lowest BCUT2D eigenvalue weighted by atomic mass is 10.1. The average molecular weight is 468 g/mol. The number of rotatable bonds is 6. The summed E-state index contributed by atoms with van der Waals surface area (Å²) in [5, 5.41) is 8.10. The van der Waals surface area contributed by atoms with E-state index in [1.165, 1.54) is 27.6 Å². The molecule has 1 aliphatic rings. The minimum absolute atomic E-state index is 0. The number of aryl methyl sites for hydroxylation is 1. The predicted molar refractivity (Wildman–Crippen MR) is 120 cm³/mol. The number of hydrogen-bond acceptors (Lipinski definition) is 2. The summed E-state index contributed by atoms with van der Waals surface area (Å²) in [6.07, 6.45) is 7.37. The number of H-pyrrole nitrogens is 1. The molecule has 0 spiro atoms. The van der Waals surface area contributed by atoms with E-state index in [2.05, 4.69) is 58.0 Å². The zero-order chi connectivity index (χ0) is 17.5. The van der Waals surface area contributed by atoms with Crippen molar-refractivity contribution in [2.24, 2.45) is 4.99 Å². The average Bonchev–Trinajstić information content (AvgIpc) is 3.03. The molecule has 2 heterocycles. The van der Waals surface area contributed by atoms with Crippen LogP contribution in [0.5, 0.6) is 0 Å². The van der Waals surface area contributed by atoms with Crippen LogP contribution in [0.3, 0.4) is 0 Å². The Labute approximate surface area is 172 Å². The number of halogens is 1. The van der Waals surface area contributed by atoms with Gasteiger partial charge in [0.05, 0.1) is 13.2 Å². The number of aliphatic imine (C=N–C) groups is 1. The van der Waals surface area contributed by atoms with E-state index >= 15 is 0 Å². The first-order valence-electron chi connectivity index (χ1n) is 9.03. The van der Waals surface area contributed by atoms with Crippen molar-refractivity contribution in [2.75, 3.05) is 33.4 Å². The maximum absolute atomic E-state index is 5.34. The van der Waals surface area contributed by atoms with Crippen LogP contribution in [0.4, 0.5) is 0 Å². The van der Waals surface area contributed by atoms with E-state index in [1.807, 2.05) is 7.05 Å². The molecule has 0 radical (unpaired) electrons. The van der Waals surface area contributed by atoms with Gasteiger partial charge in [0.2, 0.25) is 0 Å². The summed E-state index contributed by atoms with van der Waals surface area (Å²) in [5.74, 6) is 0.864. The molecule has 1 aromatic carbocycles. The number of ether oxygens (including phenoxy) is 1. The summed E-state index contributed by atoms with van der Waals surface area (Å²) >= 11 is 0. The van der Waals surface area contributed by atoms with Gasteiger partial charge in [0.1, 0.15) is 0 Å². The van der Waals surface area contributed by atoms with Crippen LogP contribution in [-0.4, -0.2) is 44.3 Å². The topological polar surface area (TPSA) is 61.4 Å². The Kier molecular flexibility index (Phi) is 8.44. The number of benzene rings is 1. The van der Waals surface area contributed by atoms with Crippen LogP contribution in [0.2, 0.25) is 0 Å². The number of nitrogens with one attached hydrogen (secondary N) is 3. The Bertz CT molecular complexity index is 766. The normalized spacial score (nSPS) is 14.7. The minimum Gasteiger partial charge on any atom is -0.377 e. The lowest BCUT2D eigenvalue weighted by Crippen LogP contribution is -2.38. The number of aromatic amines is 1. The molecule has 0 unspecified atom stereocenters. The summed E-state index contributed by atoms with van der Waals surface area (Å²) in [5.41, 5.74) is 5.30. The molecule has 142 valence electrons. The third-order valence-corrected chi connectivity index (χ3v) is 4.63. The van der Waals surface area contributed by atoms with E-state index in [0.717, 1.165) is 51.5 Å². The molecule has 5 nitrogen and oxygen atoms in total. The molecule has 1 aliphatic heterocycles. The van der Waals surface area contributed by atoms with Crippen LogP contribution in [0, 0.1) is 6.92 Å². The van der Waals surface area contributed by atoms with Crippen LogP contribution < -0.4 is 10.6 Å². The fourth-order valence-electron chi connectivity index (χ4n) is 3.18. The summed E-state index contributed by atoms with van der Waals surface area (Å²) in [7, 11) is 1.82. The predicted octanol–water partition coefficient (Wildman–Crippen LogP) is 3.54. The molecule has 0 saturated carbocycles. The number of hydrogen-bond donors (Lipinski definition) is 3. The van der Waals surface area contributed by atoms with Gasteiger partial charge >= 0.3 is 0 Å². The Balaban J connectivity index is 0.00000243. The van der Waals surface area contributed by atoms with Crippen molar-refractivity contribution in [2.45, 2.75) is 26.2 Å². The second kappa shape index (κ2) is 10.6. The van der Waals surface area contributed by atoms with Gasteiger partial charge in [-0.05, 0) is 43.4 Å². The molecular weight excluding hydrogens is 439 g/mol. The largest absolute Gasteiger partial charge is 0.377 e. The standard InChI is InChI=1S/C20H28N4O.HI/c1-15-3-4-18-17(14-24-19(18)13-15)6-10-23-20(21-2)22-9-5-16-7-11-25-12-8-16;/h3-4,7,13-14,24H,5-6,8-12H2,1-2H3,(H2,21,22,23);1H. The Morgan fingerprint density at radius 2 is 2.04 bits per heavy atom. The highest BCUT2D eigenvalue weighted by molar-refractivity contribution is 14.0. The molecular formula is C20H29IN4O. The van der Waals surface area contributed by atoms with Gasteiger partial charge < -0.3 is 20.4 Å². The van der Waals surface area contributed by atoms with Crippen LogP contribution in [-0.2, 0) is 11.2 Å². The SMILES string of the molecule is CN=C(NCCC1=CCOCC1)NCCc1c[nH]c2cc(C)ccc12.I. The van der Waals surface area contributed by atoms with Gasteiger partial charge in [-0.1, -0.05) is 23.8 Å². The first-order valence-corrected chi connectivity index (χ1v) is 9.03. The van der Waals surface area contributed by atoms with Crippen LogP contribution in [0.15, 0.2) is 41.0 Å². The molecule has 3 N–H and O–H groups in total. The van der Waals surface area contributed by atoms with Crippen molar-refractivity contribution in [1.82, 2.24) is 15.6 Å². The molecule has 0 fully saturated rings. The second-order valence-electron chi connectivity index (χ2n) is 6.48. The number of guanidine groups is 1. The highest BCUT2D eigenvalue weighted by Crippen LogP contribution is 2.19. The van der Waals surface area contributed by atoms with E-state index < -0.39 is 0 Å². The van der Waals surface area contributed by atoms with E-state index in [4.69, 9.17) is 4.74 Å². The highest BCUT2D eigenvalue weighted by atomic mass is 127. The molecule has 1 aromatic heterocycles. The third kappa shape index (κ3) is 5.74. The van der Waals surface area contributed by atoms with E-state index in [-0.39, 0.29) is 24.0 Å². The van der Waals surface area contributed by atoms with Gasteiger partial charge in [0.15, 0.2) is 5.96 Å². The van der Waals surface area contributed by atoms with Crippen molar-refractivity contribution in [1.29, 1.82) is 0 Å². The fraction of sp³-hybridized carbons (Fsp3) is 0.450. The zero-order valence-electron chi connectivity index (χ0n) is 15.6. The van der Waals surface area contributed by atoms with Gasteiger partial charge in [0, 0.05) is 37.2 Å². The monoisotopic (exact) mass is 468 g/mol. The quantitative estimate of drug-likeness (QED) is 0.263. The lowest BCUT2D eigenvalue weighted by molar-refractivity contribution is 0.153. The van der Waals surface area contributed by atoms with Crippen LogP contribution in [0.25, 0.3) is 10.9 Å². The van der Waals surface area contributed by atoms with Crippen molar-refractivity contribution in [3.63, 3.8) is 0 Å². The molecule has 2 aromatic rings. The van der Waals surface area contributed by atoms with Gasteiger partial charge in [-0.2, -0.15) is 0 Å². The Morgan fingerprint density at radius 1 is 1.23 bits per heavy atom. The summed E-state index contributed by atoms with van der Waals surface area (Å²) < 4.78 is 5.34. The Hall–Kier alpha value is -1.54. The summed E-state index contributed by atoms with van der Waals surface area (Å²) in [6, 6.07) is 6.56. The van der Waals surface area contributed by atoms with Crippen LogP contribution >= 0.6 is 24.0 Å². The highest BCUT2D eigenvalue weighted by Gasteiger charge is 2.06. The smallest absolute Gasteiger partial charge is 0.190 e. The summed E-state index contributed by atoms with van der Waals surface area (Å²) in [6.45, 7) is 5.48. The van der Waals surface area contributed by atoms with Gasteiger partial charge in [-0.25, -0.2) is 0 Å². The molecule has 0 saturated heterocycles. The van der Waals surface area contributed by atoms with Gasteiger partial charge in [-0.3, -0.25) is 4.99 Å². The minimum atomic E-state index is 0. The summed E-state index contributed by atoms with van der Waals surface area (Å²) in [4.78, 5) is 7.67. The molecule has 0 atom stereocenters. The molecule has 26 heavy (non-hydrogen) atoms. The maximum atomic E-state index is 5.34. The third-order valence-electron chi connectivity index (χ3n) is 4.63. The fourth-order valence-corrected chi connectivity index (χ4v) is 3.18. The van der Waals surface area contributed by atoms with Crippen molar-refractivity contribution >= 4 is 40.8 Å². The zero-order valence-corrected chi connectivity index (χ0v) is 17.9. The van der Waals surface area contributed by atoms with Crippen molar-refractivity contribution in [3.05, 3.63) is 47.2 Å². The molecule has 6 heteroatoms. The molecule has 3 rings (SSSR count). The maximum Gasteiger partial charge on any atom is 0.190 e. The van der Waals surface area contributed by atoms with E-state index in [0.29, 0.717) is 0 Å². The lowest BCUT2D eigenvalue weighted by Gasteiger charge is -2.15. The van der Waals surface area contributed by atoms with Crippen LogP contribution in [0.1, 0.15) is 24.0 Å². The van der Waals surface area contributed by atoms with Gasteiger partial charge in [-0.15, -0.1) is 24.0 Å². The first kappa shape index (κ1) is 20.8. The van der Waals surface area contributed by atoms with Gasteiger partial charge in [0.25, 0.3) is 0 Å². The van der Waals surface area contributed by atoms with Crippen molar-refractivity contribution < 1.29 is 4.74 Å². The number of fused-ring (bicyclic) bond motifs is 1. The van der Waals surface area contributed by atoms with E-state index in [1.54, 1.807) is 0 Å². The first-order chi connectivity index (χ1) is 12.3. The second-order valence-corrected chi connectivity index (χ2v) is 6.48.